The van der Waals surface area contributed by atoms with E-state index in [0.29, 0.717) is 13.2 Å². The van der Waals surface area contributed by atoms with Crippen molar-refractivity contribution in [2.24, 2.45) is 0 Å². The lowest BCUT2D eigenvalue weighted by atomic mass is 10.1. The highest BCUT2D eigenvalue weighted by Gasteiger charge is 2.20. The van der Waals surface area contributed by atoms with E-state index in [2.05, 4.69) is 10.3 Å². The van der Waals surface area contributed by atoms with E-state index in [1.165, 1.54) is 10.9 Å². The number of ether oxygens (including phenoxy) is 1. The minimum Gasteiger partial charge on any atom is -0.383 e. The second-order valence-electron chi connectivity index (χ2n) is 8.05. The van der Waals surface area contributed by atoms with Crippen LogP contribution >= 0.6 is 0 Å². The number of methoxy groups -OCH3 is 1. The summed E-state index contributed by atoms with van der Waals surface area (Å²) in [6, 6.07) is 18.6. The lowest BCUT2D eigenvalue weighted by Gasteiger charge is -2.16. The molecule has 0 saturated carbocycles. The minimum atomic E-state index is -0.583. The Morgan fingerprint density at radius 1 is 1.03 bits per heavy atom. The first kappa shape index (κ1) is 23.2. The molecule has 1 unspecified atom stereocenters. The zero-order chi connectivity index (χ0) is 24.1. The molecule has 0 aliphatic heterocycles. The summed E-state index contributed by atoms with van der Waals surface area (Å²) in [5, 5.41) is 2.87. The van der Waals surface area contributed by atoms with Crippen molar-refractivity contribution in [2.45, 2.75) is 32.6 Å². The number of hydrogen-bond donors (Lipinski definition) is 1. The normalized spacial score (nSPS) is 12.1. The summed E-state index contributed by atoms with van der Waals surface area (Å²) in [5.74, 6) is -0.427. The molecule has 0 radical (unpaired) electrons. The molecule has 2 aromatic heterocycles. The topological polar surface area (TPSA) is 100 Å². The molecule has 0 bridgehead atoms. The molecule has 1 amide bonds. The first-order valence-electron chi connectivity index (χ1n) is 11.0. The van der Waals surface area contributed by atoms with Crippen LogP contribution in [-0.4, -0.2) is 38.3 Å². The Balaban J connectivity index is 1.73. The van der Waals surface area contributed by atoms with E-state index in [1.54, 1.807) is 11.7 Å². The van der Waals surface area contributed by atoms with Crippen LogP contribution in [0.4, 0.5) is 0 Å². The highest BCUT2D eigenvalue weighted by molar-refractivity contribution is 5.77. The van der Waals surface area contributed by atoms with Crippen LogP contribution in [0, 0.1) is 0 Å². The lowest BCUT2D eigenvalue weighted by Crippen LogP contribution is -2.44. The van der Waals surface area contributed by atoms with Crippen molar-refractivity contribution in [1.29, 1.82) is 0 Å². The molecule has 0 fully saturated rings. The standard InChI is InChI=1S/C25H27N5O4/c1-18(20-11-7-4-8-12-20)27-21(31)16-30-24(32)22-23(26-17-28(22)13-14-34-2)29(25(30)33)15-19-9-5-3-6-10-19/h3-12,17-18H,13-16H2,1-2H3,(H,27,31). The van der Waals surface area contributed by atoms with E-state index < -0.39 is 23.7 Å². The number of amides is 1. The number of fused-ring (bicyclic) bond motifs is 1. The number of nitrogens with one attached hydrogen (secondary N) is 1. The number of benzene rings is 2. The fourth-order valence-corrected chi connectivity index (χ4v) is 3.90. The molecule has 0 saturated heterocycles. The van der Waals surface area contributed by atoms with Gasteiger partial charge < -0.3 is 14.6 Å². The van der Waals surface area contributed by atoms with E-state index >= 15 is 0 Å². The van der Waals surface area contributed by atoms with Gasteiger partial charge in [-0.1, -0.05) is 60.7 Å². The predicted octanol–water partition coefficient (Wildman–Crippen LogP) is 1.93. The van der Waals surface area contributed by atoms with Crippen molar-refractivity contribution in [3.63, 3.8) is 0 Å². The van der Waals surface area contributed by atoms with Crippen LogP contribution < -0.4 is 16.6 Å². The van der Waals surface area contributed by atoms with Crippen LogP contribution in [0.1, 0.15) is 24.1 Å². The maximum atomic E-state index is 13.4. The zero-order valence-electron chi connectivity index (χ0n) is 19.2. The molecule has 34 heavy (non-hydrogen) atoms. The van der Waals surface area contributed by atoms with Gasteiger partial charge in [-0.05, 0) is 18.1 Å². The van der Waals surface area contributed by atoms with E-state index in [1.807, 2.05) is 67.6 Å². The summed E-state index contributed by atoms with van der Waals surface area (Å²) in [7, 11) is 1.57. The van der Waals surface area contributed by atoms with E-state index in [4.69, 9.17) is 4.74 Å². The molecule has 0 aliphatic rings. The largest absolute Gasteiger partial charge is 0.383 e. The molecule has 2 aromatic carbocycles. The molecular formula is C25H27N5O4. The van der Waals surface area contributed by atoms with Crippen molar-refractivity contribution in [1.82, 2.24) is 24.0 Å². The van der Waals surface area contributed by atoms with Crippen LogP contribution in [0.15, 0.2) is 76.6 Å². The Labute approximate surface area is 196 Å². The lowest BCUT2D eigenvalue weighted by molar-refractivity contribution is -0.122. The summed E-state index contributed by atoms with van der Waals surface area (Å²) in [4.78, 5) is 43.9. The highest BCUT2D eigenvalue weighted by Crippen LogP contribution is 2.12. The van der Waals surface area contributed by atoms with Gasteiger partial charge in [-0.3, -0.25) is 14.2 Å². The number of rotatable bonds is 9. The fraction of sp³-hybridized carbons (Fsp3) is 0.280. The average Bonchev–Trinajstić information content (AvgIpc) is 3.28. The highest BCUT2D eigenvalue weighted by atomic mass is 16.5. The summed E-state index contributed by atoms with van der Waals surface area (Å²) in [6.07, 6.45) is 1.52. The Hall–Kier alpha value is -3.98. The zero-order valence-corrected chi connectivity index (χ0v) is 19.2. The van der Waals surface area contributed by atoms with Gasteiger partial charge in [0, 0.05) is 13.7 Å². The minimum absolute atomic E-state index is 0.222. The van der Waals surface area contributed by atoms with E-state index in [9.17, 15) is 14.4 Å². The van der Waals surface area contributed by atoms with Crippen LogP contribution in [0.3, 0.4) is 0 Å². The van der Waals surface area contributed by atoms with E-state index in [0.717, 1.165) is 15.7 Å². The van der Waals surface area contributed by atoms with E-state index in [-0.39, 0.29) is 23.8 Å². The van der Waals surface area contributed by atoms with Gasteiger partial charge in [0.2, 0.25) is 5.91 Å². The average molecular weight is 462 g/mol. The molecule has 2 heterocycles. The van der Waals surface area contributed by atoms with Crippen molar-refractivity contribution in [3.05, 3.63) is 99.0 Å². The Bertz CT molecular complexity index is 1390. The van der Waals surface area contributed by atoms with Crippen LogP contribution in [-0.2, 0) is 29.2 Å². The van der Waals surface area contributed by atoms with Crippen LogP contribution in [0.5, 0.6) is 0 Å². The quantitative estimate of drug-likeness (QED) is 0.411. The smallest absolute Gasteiger partial charge is 0.333 e. The predicted molar refractivity (Wildman–Crippen MR) is 129 cm³/mol. The first-order valence-corrected chi connectivity index (χ1v) is 11.0. The SMILES string of the molecule is COCCn1cnc2c1c(=O)n(CC(=O)NC(C)c1ccccc1)c(=O)n2Cc1ccccc1. The summed E-state index contributed by atoms with van der Waals surface area (Å²) < 4.78 is 9.21. The Morgan fingerprint density at radius 2 is 1.71 bits per heavy atom. The number of carbonyl (C=O) groups excluding carboxylic acids is 1. The van der Waals surface area contributed by atoms with Crippen LogP contribution in [0.25, 0.3) is 11.2 Å². The second-order valence-corrected chi connectivity index (χ2v) is 8.05. The van der Waals surface area contributed by atoms with Crippen molar-refractivity contribution < 1.29 is 9.53 Å². The number of imidazole rings is 1. The molecule has 4 aromatic rings. The van der Waals surface area contributed by atoms with Crippen LogP contribution in [0.2, 0.25) is 0 Å². The van der Waals surface area contributed by atoms with Gasteiger partial charge in [-0.25, -0.2) is 14.3 Å². The number of carbonyl (C=O) groups is 1. The van der Waals surface area contributed by atoms with Gasteiger partial charge >= 0.3 is 5.69 Å². The number of aromatic nitrogens is 4. The number of hydrogen-bond acceptors (Lipinski definition) is 5. The van der Waals surface area contributed by atoms with Gasteiger partial charge in [0.1, 0.15) is 6.54 Å². The van der Waals surface area contributed by atoms with Gasteiger partial charge in [0.15, 0.2) is 11.2 Å². The monoisotopic (exact) mass is 461 g/mol. The number of nitrogens with zero attached hydrogens (tertiary/aromatic N) is 4. The maximum Gasteiger partial charge on any atom is 0.333 e. The third kappa shape index (κ3) is 4.84. The molecule has 1 N–H and O–H groups in total. The summed E-state index contributed by atoms with van der Waals surface area (Å²) >= 11 is 0. The Morgan fingerprint density at radius 3 is 2.38 bits per heavy atom. The van der Waals surface area contributed by atoms with Crippen molar-refractivity contribution >= 4 is 17.1 Å². The van der Waals surface area contributed by atoms with Crippen molar-refractivity contribution in [2.75, 3.05) is 13.7 Å². The summed E-state index contributed by atoms with van der Waals surface area (Å²) in [5.41, 5.74) is 1.21. The molecular weight excluding hydrogens is 434 g/mol. The molecule has 4 rings (SSSR count). The molecule has 176 valence electrons. The summed E-state index contributed by atoms with van der Waals surface area (Å²) in [6.45, 7) is 2.45. The second kappa shape index (κ2) is 10.3. The Kier molecular flexibility index (Phi) is 7.03. The third-order valence-electron chi connectivity index (χ3n) is 5.68. The molecule has 1 atom stereocenters. The fourth-order valence-electron chi connectivity index (χ4n) is 3.90. The van der Waals surface area contributed by atoms with Gasteiger partial charge in [-0.15, -0.1) is 0 Å². The molecule has 0 aliphatic carbocycles. The maximum absolute atomic E-state index is 13.4. The molecule has 0 spiro atoms. The van der Waals surface area contributed by atoms with Gasteiger partial charge in [0.05, 0.1) is 25.5 Å². The van der Waals surface area contributed by atoms with Gasteiger partial charge in [0.25, 0.3) is 5.56 Å². The first-order chi connectivity index (χ1) is 16.5. The van der Waals surface area contributed by atoms with Crippen molar-refractivity contribution in [3.8, 4) is 0 Å². The third-order valence-corrected chi connectivity index (χ3v) is 5.68. The molecule has 9 heteroatoms. The van der Waals surface area contributed by atoms with Gasteiger partial charge in [-0.2, -0.15) is 0 Å². The molecule has 9 nitrogen and oxygen atoms in total.